The molecular weight excluding hydrogens is 228 g/mol. The summed E-state index contributed by atoms with van der Waals surface area (Å²) in [7, 11) is 4.09. The molecule has 0 N–H and O–H groups in total. The summed E-state index contributed by atoms with van der Waals surface area (Å²) in [4.78, 5) is 15.7. The average Bonchev–Trinajstić information content (AvgIpc) is 2.47. The molecule has 96 valence electrons. The number of hydrogen-bond donors (Lipinski definition) is 0. The maximum Gasteiger partial charge on any atom is 0.410 e. The summed E-state index contributed by atoms with van der Waals surface area (Å²) in [5.41, 5.74) is -0.396. The molecule has 1 aliphatic rings. The minimum atomic E-state index is -0.396. The molecule has 16 heavy (non-hydrogen) atoms. The minimum absolute atomic E-state index is 0. The lowest BCUT2D eigenvalue weighted by molar-refractivity contribution is 0.0285. The minimum Gasteiger partial charge on any atom is -0.444 e. The number of hydrogen-bond acceptors (Lipinski definition) is 3. The van der Waals surface area contributed by atoms with Crippen LogP contribution in [0.4, 0.5) is 4.79 Å². The fourth-order valence-corrected chi connectivity index (χ4v) is 1.66. The first-order valence-corrected chi connectivity index (χ1v) is 5.44. The lowest BCUT2D eigenvalue weighted by Crippen LogP contribution is -2.37. The van der Waals surface area contributed by atoms with Gasteiger partial charge in [0.05, 0.1) is 0 Å². The molecular formula is C11H23ClN2O2. The van der Waals surface area contributed by atoms with Crippen molar-refractivity contribution in [2.45, 2.75) is 38.8 Å². The van der Waals surface area contributed by atoms with Gasteiger partial charge in [0, 0.05) is 19.1 Å². The van der Waals surface area contributed by atoms with Gasteiger partial charge in [0.25, 0.3) is 0 Å². The van der Waals surface area contributed by atoms with Crippen molar-refractivity contribution < 1.29 is 9.53 Å². The van der Waals surface area contributed by atoms with Crippen molar-refractivity contribution in [1.82, 2.24) is 9.80 Å². The van der Waals surface area contributed by atoms with E-state index in [0.717, 1.165) is 19.5 Å². The third kappa shape index (κ3) is 4.58. The van der Waals surface area contributed by atoms with Crippen LogP contribution in [0.25, 0.3) is 0 Å². The summed E-state index contributed by atoms with van der Waals surface area (Å²) in [5, 5.41) is 0. The van der Waals surface area contributed by atoms with Gasteiger partial charge in [-0.05, 0) is 41.3 Å². The third-order valence-electron chi connectivity index (χ3n) is 2.55. The van der Waals surface area contributed by atoms with Gasteiger partial charge in [0.1, 0.15) is 5.60 Å². The quantitative estimate of drug-likeness (QED) is 0.714. The van der Waals surface area contributed by atoms with E-state index in [4.69, 9.17) is 4.74 Å². The van der Waals surface area contributed by atoms with Crippen molar-refractivity contribution in [3.05, 3.63) is 0 Å². The Labute approximate surface area is 104 Å². The molecule has 0 aromatic heterocycles. The molecule has 1 heterocycles. The summed E-state index contributed by atoms with van der Waals surface area (Å²) >= 11 is 0. The number of likely N-dealkylation sites (N-methyl/N-ethyl adjacent to an activating group) is 1. The second kappa shape index (κ2) is 5.73. The van der Waals surface area contributed by atoms with Crippen molar-refractivity contribution in [3.63, 3.8) is 0 Å². The average molecular weight is 251 g/mol. The highest BCUT2D eigenvalue weighted by molar-refractivity contribution is 5.85. The summed E-state index contributed by atoms with van der Waals surface area (Å²) in [6.45, 7) is 7.26. The molecule has 0 aromatic rings. The van der Waals surface area contributed by atoms with Crippen LogP contribution in [-0.4, -0.2) is 54.7 Å². The molecule has 1 amide bonds. The van der Waals surface area contributed by atoms with Crippen LogP contribution in [0, 0.1) is 0 Å². The Morgan fingerprint density at radius 1 is 1.38 bits per heavy atom. The van der Waals surface area contributed by atoms with Crippen LogP contribution < -0.4 is 0 Å². The van der Waals surface area contributed by atoms with E-state index >= 15 is 0 Å². The van der Waals surface area contributed by atoms with E-state index in [1.54, 1.807) is 4.90 Å². The first-order chi connectivity index (χ1) is 6.79. The van der Waals surface area contributed by atoms with Crippen LogP contribution >= 0.6 is 12.4 Å². The van der Waals surface area contributed by atoms with E-state index < -0.39 is 5.60 Å². The normalized spacial score (nSPS) is 20.9. The van der Waals surface area contributed by atoms with E-state index in [1.807, 2.05) is 34.9 Å². The van der Waals surface area contributed by atoms with Crippen molar-refractivity contribution >= 4 is 18.5 Å². The second-order valence-electron chi connectivity index (χ2n) is 5.33. The fourth-order valence-electron chi connectivity index (χ4n) is 1.66. The number of nitrogens with zero attached hydrogens (tertiary/aromatic N) is 2. The van der Waals surface area contributed by atoms with Gasteiger partial charge in [0.2, 0.25) is 0 Å². The van der Waals surface area contributed by atoms with Crippen molar-refractivity contribution in [2.75, 3.05) is 27.2 Å². The van der Waals surface area contributed by atoms with Gasteiger partial charge in [-0.3, -0.25) is 0 Å². The summed E-state index contributed by atoms with van der Waals surface area (Å²) in [6, 6.07) is 0.470. The van der Waals surface area contributed by atoms with Crippen molar-refractivity contribution in [2.24, 2.45) is 0 Å². The SMILES string of the molecule is CN(C)[C@@H]1CCN(C(=O)OC(C)(C)C)C1.Cl. The Balaban J connectivity index is 0.00000225. The number of amides is 1. The van der Waals surface area contributed by atoms with E-state index in [1.165, 1.54) is 0 Å². The topological polar surface area (TPSA) is 32.8 Å². The molecule has 0 spiro atoms. The Morgan fingerprint density at radius 2 is 1.94 bits per heavy atom. The first kappa shape index (κ1) is 15.5. The molecule has 0 bridgehead atoms. The molecule has 0 aliphatic carbocycles. The monoisotopic (exact) mass is 250 g/mol. The lowest BCUT2D eigenvalue weighted by atomic mass is 10.2. The molecule has 1 fully saturated rings. The van der Waals surface area contributed by atoms with Crippen LogP contribution in [0.3, 0.4) is 0 Å². The number of likely N-dealkylation sites (tertiary alicyclic amines) is 1. The highest BCUT2D eigenvalue weighted by Crippen LogP contribution is 2.17. The maximum absolute atomic E-state index is 11.7. The first-order valence-electron chi connectivity index (χ1n) is 5.44. The smallest absolute Gasteiger partial charge is 0.410 e. The lowest BCUT2D eigenvalue weighted by Gasteiger charge is -2.25. The largest absolute Gasteiger partial charge is 0.444 e. The zero-order chi connectivity index (χ0) is 11.6. The van der Waals surface area contributed by atoms with Crippen LogP contribution in [-0.2, 0) is 4.74 Å². The van der Waals surface area contributed by atoms with Crippen LogP contribution in [0.2, 0.25) is 0 Å². The molecule has 1 atom stereocenters. The number of halogens is 1. The van der Waals surface area contributed by atoms with Gasteiger partial charge in [-0.2, -0.15) is 0 Å². The molecule has 0 radical (unpaired) electrons. The van der Waals surface area contributed by atoms with Gasteiger partial charge >= 0.3 is 6.09 Å². The predicted octanol–water partition coefficient (Wildman–Crippen LogP) is 1.98. The summed E-state index contributed by atoms with van der Waals surface area (Å²) in [5.74, 6) is 0. The van der Waals surface area contributed by atoms with Crippen molar-refractivity contribution in [3.8, 4) is 0 Å². The molecule has 1 saturated heterocycles. The molecule has 0 unspecified atom stereocenters. The molecule has 0 aromatic carbocycles. The van der Waals surface area contributed by atoms with Crippen LogP contribution in [0.5, 0.6) is 0 Å². The highest BCUT2D eigenvalue weighted by atomic mass is 35.5. The van der Waals surface area contributed by atoms with Gasteiger partial charge in [-0.15, -0.1) is 12.4 Å². The number of ether oxygens (including phenoxy) is 1. The van der Waals surface area contributed by atoms with Crippen LogP contribution in [0.15, 0.2) is 0 Å². The molecule has 0 saturated carbocycles. The Bertz CT molecular complexity index is 239. The number of carbonyl (C=O) groups is 1. The Kier molecular flexibility index (Phi) is 5.56. The molecule has 4 nitrogen and oxygen atoms in total. The standard InChI is InChI=1S/C11H22N2O2.ClH/c1-11(2,3)15-10(14)13-7-6-9(8-13)12(4)5;/h9H,6-8H2,1-5H3;1H/t9-;/m1./s1. The summed E-state index contributed by atoms with van der Waals surface area (Å²) in [6.07, 6.45) is 0.846. The van der Waals surface area contributed by atoms with Gasteiger partial charge in [-0.25, -0.2) is 4.79 Å². The zero-order valence-electron chi connectivity index (χ0n) is 10.8. The molecule has 5 heteroatoms. The Morgan fingerprint density at radius 3 is 2.31 bits per heavy atom. The third-order valence-corrected chi connectivity index (χ3v) is 2.55. The van der Waals surface area contributed by atoms with Gasteiger partial charge in [0.15, 0.2) is 0 Å². The Hall–Kier alpha value is -0.480. The zero-order valence-corrected chi connectivity index (χ0v) is 11.6. The van der Waals surface area contributed by atoms with E-state index in [0.29, 0.717) is 6.04 Å². The van der Waals surface area contributed by atoms with Crippen molar-refractivity contribution in [1.29, 1.82) is 0 Å². The fraction of sp³-hybridized carbons (Fsp3) is 0.909. The van der Waals surface area contributed by atoms with E-state index in [2.05, 4.69) is 4.90 Å². The maximum atomic E-state index is 11.7. The summed E-state index contributed by atoms with van der Waals surface area (Å²) < 4.78 is 5.32. The predicted molar refractivity (Wildman–Crippen MR) is 67.1 cm³/mol. The number of rotatable bonds is 1. The van der Waals surface area contributed by atoms with E-state index in [9.17, 15) is 4.79 Å². The molecule has 1 aliphatic heterocycles. The van der Waals surface area contributed by atoms with Crippen LogP contribution in [0.1, 0.15) is 27.2 Å². The van der Waals surface area contributed by atoms with Gasteiger partial charge in [-0.1, -0.05) is 0 Å². The van der Waals surface area contributed by atoms with Gasteiger partial charge < -0.3 is 14.5 Å². The highest BCUT2D eigenvalue weighted by Gasteiger charge is 2.30. The second-order valence-corrected chi connectivity index (χ2v) is 5.33. The molecule has 1 rings (SSSR count). The van der Waals surface area contributed by atoms with E-state index in [-0.39, 0.29) is 18.5 Å². The number of carbonyl (C=O) groups excluding carboxylic acids is 1.